The van der Waals surface area contributed by atoms with E-state index in [0.29, 0.717) is 47.4 Å². The average molecular weight is 570 g/mol. The molecule has 0 fully saturated rings. The highest BCUT2D eigenvalue weighted by atomic mass is 16.5. The van der Waals surface area contributed by atoms with E-state index in [-0.39, 0.29) is 23.4 Å². The molecule has 0 aliphatic rings. The number of methoxy groups -OCH3 is 1. The second-order valence-corrected chi connectivity index (χ2v) is 10.8. The Morgan fingerprint density at radius 2 is 1.60 bits per heavy atom. The molecular weight excluding hydrogens is 530 g/mol. The summed E-state index contributed by atoms with van der Waals surface area (Å²) in [6, 6.07) is 16.6. The predicted octanol–water partition coefficient (Wildman–Crippen LogP) is 6.49. The van der Waals surface area contributed by atoms with Crippen LogP contribution in [0, 0.1) is 0 Å². The Morgan fingerprint density at radius 3 is 2.24 bits per heavy atom. The highest BCUT2D eigenvalue weighted by Crippen LogP contribution is 2.36. The van der Waals surface area contributed by atoms with E-state index >= 15 is 0 Å². The molecule has 2 aromatic heterocycles. The van der Waals surface area contributed by atoms with Crippen LogP contribution in [0.1, 0.15) is 64.0 Å². The Kier molecular flexibility index (Phi) is 9.62. The number of ether oxygens (including phenoxy) is 1. The van der Waals surface area contributed by atoms with E-state index in [1.807, 2.05) is 48.5 Å². The van der Waals surface area contributed by atoms with Crippen LogP contribution in [0.15, 0.2) is 65.6 Å². The number of urea groups is 1. The molecule has 0 spiro atoms. The molecule has 2 aromatic carbocycles. The first-order valence-corrected chi connectivity index (χ1v) is 14.2. The van der Waals surface area contributed by atoms with Gasteiger partial charge in [0.2, 0.25) is 5.91 Å². The van der Waals surface area contributed by atoms with Crippen molar-refractivity contribution < 1.29 is 14.3 Å². The number of pyridine rings is 2. The van der Waals surface area contributed by atoms with Gasteiger partial charge in [-0.3, -0.25) is 14.2 Å². The summed E-state index contributed by atoms with van der Waals surface area (Å²) in [5, 5.41) is 9.45. The van der Waals surface area contributed by atoms with Crippen LogP contribution in [0.5, 0.6) is 5.75 Å². The van der Waals surface area contributed by atoms with Crippen LogP contribution in [0.4, 0.5) is 16.2 Å². The molecule has 2 heterocycles. The Bertz CT molecular complexity index is 1630. The lowest BCUT2D eigenvalue weighted by atomic mass is 9.93. The van der Waals surface area contributed by atoms with Crippen molar-refractivity contribution >= 4 is 34.3 Å². The van der Waals surface area contributed by atoms with Gasteiger partial charge in [-0.25, -0.2) is 9.78 Å². The first-order chi connectivity index (χ1) is 20.1. The lowest BCUT2D eigenvalue weighted by Gasteiger charge is -2.22. The minimum absolute atomic E-state index is 0.133. The van der Waals surface area contributed by atoms with Crippen molar-refractivity contribution in [1.82, 2.24) is 14.9 Å². The van der Waals surface area contributed by atoms with Gasteiger partial charge in [0.15, 0.2) is 0 Å². The number of carbonyl (C=O) groups is 2. The van der Waals surface area contributed by atoms with Crippen LogP contribution < -0.4 is 26.2 Å². The molecule has 42 heavy (non-hydrogen) atoms. The van der Waals surface area contributed by atoms with Gasteiger partial charge < -0.3 is 20.7 Å². The van der Waals surface area contributed by atoms with Crippen LogP contribution in [0.3, 0.4) is 0 Å². The second-order valence-electron chi connectivity index (χ2n) is 10.8. The molecule has 4 rings (SSSR count). The minimum Gasteiger partial charge on any atom is -0.497 e. The third kappa shape index (κ3) is 6.62. The predicted molar refractivity (Wildman–Crippen MR) is 169 cm³/mol. The van der Waals surface area contributed by atoms with E-state index in [1.54, 1.807) is 23.9 Å². The molecule has 0 radical (unpaired) electrons. The van der Waals surface area contributed by atoms with Crippen LogP contribution in [0.25, 0.3) is 22.2 Å². The lowest BCUT2D eigenvalue weighted by molar-refractivity contribution is -0.118. The number of hydrogen-bond donors (Lipinski definition) is 3. The zero-order valence-electron chi connectivity index (χ0n) is 25.1. The third-order valence-electron chi connectivity index (χ3n) is 7.16. The highest BCUT2D eigenvalue weighted by Gasteiger charge is 2.23. The molecule has 0 aliphatic heterocycles. The van der Waals surface area contributed by atoms with Gasteiger partial charge in [0.05, 0.1) is 7.11 Å². The van der Waals surface area contributed by atoms with E-state index < -0.39 is 11.6 Å². The maximum Gasteiger partial charge on any atom is 0.323 e. The number of para-hydroxylation sites is 1. The smallest absolute Gasteiger partial charge is 0.323 e. The van der Waals surface area contributed by atoms with Crippen LogP contribution in [-0.2, 0) is 11.3 Å². The number of aryl methyl sites for hydroxylation is 1. The number of anilines is 2. The highest BCUT2D eigenvalue weighted by molar-refractivity contribution is 6.07. The molecule has 9 nitrogen and oxygen atoms in total. The van der Waals surface area contributed by atoms with Crippen molar-refractivity contribution in [2.24, 2.45) is 0 Å². The van der Waals surface area contributed by atoms with Crippen molar-refractivity contribution in [3.8, 4) is 16.9 Å². The molecule has 0 atom stereocenters. The normalized spacial score (nSPS) is 11.1. The maximum atomic E-state index is 14.2. The van der Waals surface area contributed by atoms with Gasteiger partial charge in [0.25, 0.3) is 5.56 Å². The van der Waals surface area contributed by atoms with Crippen molar-refractivity contribution in [3.63, 3.8) is 0 Å². The SMILES string of the molecule is COc1cccc(-c2c(NC(=O)Nc3c(C(C)C)cccc3C(C)C)c(=O)n(CCCNC(C)=O)c3ncccc23)c1. The quantitative estimate of drug-likeness (QED) is 0.189. The first kappa shape index (κ1) is 30.3. The van der Waals surface area contributed by atoms with E-state index in [9.17, 15) is 14.4 Å². The fourth-order valence-corrected chi connectivity index (χ4v) is 5.14. The summed E-state index contributed by atoms with van der Waals surface area (Å²) in [7, 11) is 1.58. The van der Waals surface area contributed by atoms with E-state index in [1.165, 1.54) is 6.92 Å². The first-order valence-electron chi connectivity index (χ1n) is 14.2. The third-order valence-corrected chi connectivity index (χ3v) is 7.16. The monoisotopic (exact) mass is 569 g/mol. The van der Waals surface area contributed by atoms with Gasteiger partial charge >= 0.3 is 6.03 Å². The van der Waals surface area contributed by atoms with Crippen molar-refractivity contribution in [2.75, 3.05) is 24.3 Å². The number of aromatic nitrogens is 2. The standard InChI is InChI=1S/C33H39N5O4/c1-20(2)25-13-8-14-26(21(3)4)29(25)36-33(41)37-30-28(23-11-7-12-24(19-23)42-6)27-15-9-16-35-31(27)38(32(30)40)18-10-17-34-22(5)39/h7-9,11-16,19-21H,10,17-18H2,1-6H3,(H,34,39)(H2,36,37,41). The number of carbonyl (C=O) groups excluding carboxylic acids is 2. The zero-order valence-corrected chi connectivity index (χ0v) is 25.1. The van der Waals surface area contributed by atoms with Gasteiger partial charge in [0.1, 0.15) is 17.1 Å². The number of fused-ring (bicyclic) bond motifs is 1. The Morgan fingerprint density at radius 1 is 0.929 bits per heavy atom. The summed E-state index contributed by atoms with van der Waals surface area (Å²) >= 11 is 0. The summed E-state index contributed by atoms with van der Waals surface area (Å²) in [4.78, 5) is 43.8. The van der Waals surface area contributed by atoms with Crippen LogP contribution in [0.2, 0.25) is 0 Å². The molecule has 220 valence electrons. The number of nitrogens with zero attached hydrogens (tertiary/aromatic N) is 2. The van der Waals surface area contributed by atoms with Crippen LogP contribution >= 0.6 is 0 Å². The summed E-state index contributed by atoms with van der Waals surface area (Å²) in [5.41, 5.74) is 4.27. The molecule has 0 unspecified atom stereocenters. The minimum atomic E-state index is -0.515. The number of hydrogen-bond acceptors (Lipinski definition) is 5. The molecule has 0 bridgehead atoms. The van der Waals surface area contributed by atoms with Gasteiger partial charge in [-0.05, 0) is 59.2 Å². The Hall–Kier alpha value is -4.66. The number of amides is 3. The fraction of sp³-hybridized carbons (Fsp3) is 0.333. The molecule has 9 heteroatoms. The van der Waals surface area contributed by atoms with Gasteiger partial charge in [-0.15, -0.1) is 0 Å². The zero-order chi connectivity index (χ0) is 30.4. The van der Waals surface area contributed by atoms with Gasteiger partial charge in [-0.1, -0.05) is 58.0 Å². The summed E-state index contributed by atoms with van der Waals surface area (Å²) in [5.74, 6) is 0.838. The number of nitrogens with one attached hydrogen (secondary N) is 3. The van der Waals surface area contributed by atoms with Crippen molar-refractivity contribution in [1.29, 1.82) is 0 Å². The summed E-state index contributed by atoms with van der Waals surface area (Å²) in [6.07, 6.45) is 2.15. The van der Waals surface area contributed by atoms with E-state index in [2.05, 4.69) is 48.6 Å². The molecule has 3 amide bonds. The summed E-state index contributed by atoms with van der Waals surface area (Å²) < 4.78 is 7.02. The molecule has 0 aliphatic carbocycles. The van der Waals surface area contributed by atoms with E-state index in [0.717, 1.165) is 16.8 Å². The van der Waals surface area contributed by atoms with Gasteiger partial charge in [0, 0.05) is 42.8 Å². The van der Waals surface area contributed by atoms with E-state index in [4.69, 9.17) is 4.74 Å². The topological polar surface area (TPSA) is 114 Å². The summed E-state index contributed by atoms with van der Waals surface area (Å²) in [6.45, 7) is 10.5. The molecule has 3 N–H and O–H groups in total. The molecular formula is C33H39N5O4. The molecule has 4 aromatic rings. The van der Waals surface area contributed by atoms with Crippen molar-refractivity contribution in [2.45, 2.75) is 59.4 Å². The lowest BCUT2D eigenvalue weighted by Crippen LogP contribution is -2.31. The van der Waals surface area contributed by atoms with Crippen LogP contribution in [-0.4, -0.2) is 35.1 Å². The Balaban J connectivity index is 1.86. The second kappa shape index (κ2) is 13.3. The average Bonchev–Trinajstić information content (AvgIpc) is 2.96. The molecule has 0 saturated carbocycles. The number of benzene rings is 2. The van der Waals surface area contributed by atoms with Crippen molar-refractivity contribution in [3.05, 3.63) is 82.3 Å². The van der Waals surface area contributed by atoms with Gasteiger partial charge in [-0.2, -0.15) is 0 Å². The largest absolute Gasteiger partial charge is 0.497 e. The fourth-order valence-electron chi connectivity index (χ4n) is 5.14. The molecule has 0 saturated heterocycles. The number of rotatable bonds is 10. The maximum absolute atomic E-state index is 14.2. The Labute approximate surface area is 246 Å².